The second kappa shape index (κ2) is 4.67. The summed E-state index contributed by atoms with van der Waals surface area (Å²) in [7, 11) is 2.03. The molecule has 3 rings (SSSR count). The Morgan fingerprint density at radius 1 is 1.22 bits per heavy atom. The van der Waals surface area contributed by atoms with Gasteiger partial charge in [-0.3, -0.25) is 9.58 Å². The highest BCUT2D eigenvalue weighted by molar-refractivity contribution is 5.24. The largest absolute Gasteiger partial charge is 0.310 e. The molecule has 0 aromatic carbocycles. The summed E-state index contributed by atoms with van der Waals surface area (Å²) in [5.74, 6) is 0. The van der Waals surface area contributed by atoms with Crippen molar-refractivity contribution >= 4 is 0 Å². The monoisotopic (exact) mass is 248 g/mol. The number of hydrogen-bond donors (Lipinski definition) is 1. The van der Waals surface area contributed by atoms with Gasteiger partial charge in [-0.25, -0.2) is 0 Å². The summed E-state index contributed by atoms with van der Waals surface area (Å²) in [6.07, 6.45) is 4.07. The third-order valence-electron chi connectivity index (χ3n) is 4.36. The zero-order valence-corrected chi connectivity index (χ0v) is 11.7. The summed E-state index contributed by atoms with van der Waals surface area (Å²) in [5, 5.41) is 8.24. The van der Waals surface area contributed by atoms with Crippen LogP contribution >= 0.6 is 0 Å². The summed E-state index contributed by atoms with van der Waals surface area (Å²) >= 11 is 0. The Morgan fingerprint density at radius 3 is 2.61 bits per heavy atom. The van der Waals surface area contributed by atoms with Crippen LogP contribution in [0.4, 0.5) is 0 Å². The Labute approximate surface area is 109 Å². The van der Waals surface area contributed by atoms with Gasteiger partial charge < -0.3 is 5.32 Å². The lowest BCUT2D eigenvalue weighted by Crippen LogP contribution is -2.33. The first kappa shape index (κ1) is 12.2. The zero-order valence-electron chi connectivity index (χ0n) is 11.7. The summed E-state index contributed by atoms with van der Waals surface area (Å²) in [6, 6.07) is 1.55. The van der Waals surface area contributed by atoms with E-state index in [2.05, 4.69) is 29.2 Å². The maximum absolute atomic E-state index is 4.50. The van der Waals surface area contributed by atoms with Crippen LogP contribution in [0.2, 0.25) is 0 Å². The molecule has 0 bridgehead atoms. The smallest absolute Gasteiger partial charge is 0.0641 e. The summed E-state index contributed by atoms with van der Waals surface area (Å²) < 4.78 is 2.00. The fraction of sp³-hybridized carbons (Fsp3) is 0.786. The number of nitrogens with zero attached hydrogens (tertiary/aromatic N) is 3. The van der Waals surface area contributed by atoms with Crippen molar-refractivity contribution < 1.29 is 0 Å². The molecule has 1 atom stereocenters. The molecule has 1 aromatic rings. The van der Waals surface area contributed by atoms with Crippen molar-refractivity contribution in [3.05, 3.63) is 17.0 Å². The van der Waals surface area contributed by atoms with E-state index >= 15 is 0 Å². The number of aryl methyl sites for hydroxylation is 2. The average Bonchev–Trinajstić information content (AvgIpc) is 2.97. The molecule has 0 radical (unpaired) electrons. The van der Waals surface area contributed by atoms with E-state index in [-0.39, 0.29) is 0 Å². The Hall–Kier alpha value is -0.870. The fourth-order valence-electron chi connectivity index (χ4n) is 2.97. The van der Waals surface area contributed by atoms with Crippen LogP contribution < -0.4 is 5.32 Å². The molecule has 4 heteroatoms. The van der Waals surface area contributed by atoms with Gasteiger partial charge in [0.05, 0.1) is 5.69 Å². The van der Waals surface area contributed by atoms with Crippen LogP contribution in [0.5, 0.6) is 0 Å². The molecule has 1 unspecified atom stereocenters. The molecule has 1 aromatic heterocycles. The van der Waals surface area contributed by atoms with Crippen LogP contribution in [0, 0.1) is 13.8 Å². The quantitative estimate of drug-likeness (QED) is 0.873. The average molecular weight is 248 g/mol. The van der Waals surface area contributed by atoms with E-state index in [4.69, 9.17) is 0 Å². The van der Waals surface area contributed by atoms with Crippen LogP contribution in [0.1, 0.15) is 36.2 Å². The van der Waals surface area contributed by atoms with Gasteiger partial charge in [0.15, 0.2) is 0 Å². The highest BCUT2D eigenvalue weighted by Gasteiger charge is 2.29. The lowest BCUT2D eigenvalue weighted by atomic mass is 10.2. The van der Waals surface area contributed by atoms with Gasteiger partial charge in [0, 0.05) is 50.0 Å². The Balaban J connectivity index is 1.59. The van der Waals surface area contributed by atoms with E-state index < -0.39 is 0 Å². The molecule has 0 amide bonds. The molecule has 1 saturated carbocycles. The van der Waals surface area contributed by atoms with Crippen LogP contribution in [0.3, 0.4) is 0 Å². The highest BCUT2D eigenvalue weighted by atomic mass is 15.3. The SMILES string of the molecule is Cc1nn(C)c(C)c1CN1CCC(NC2CC2)C1. The third-order valence-corrected chi connectivity index (χ3v) is 4.36. The molecule has 1 aliphatic heterocycles. The second-order valence-electron chi connectivity index (χ2n) is 5.93. The van der Waals surface area contributed by atoms with Crippen molar-refractivity contribution in [1.29, 1.82) is 0 Å². The molecule has 2 fully saturated rings. The summed E-state index contributed by atoms with van der Waals surface area (Å²) in [4.78, 5) is 2.57. The molecular weight excluding hydrogens is 224 g/mol. The lowest BCUT2D eigenvalue weighted by molar-refractivity contribution is 0.318. The lowest BCUT2D eigenvalue weighted by Gasteiger charge is -2.17. The van der Waals surface area contributed by atoms with Crippen LogP contribution in [0.15, 0.2) is 0 Å². The number of nitrogens with one attached hydrogen (secondary N) is 1. The first-order valence-electron chi connectivity index (χ1n) is 7.11. The molecule has 1 saturated heterocycles. The fourth-order valence-corrected chi connectivity index (χ4v) is 2.97. The van der Waals surface area contributed by atoms with Crippen molar-refractivity contribution in [2.24, 2.45) is 7.05 Å². The molecule has 18 heavy (non-hydrogen) atoms. The molecule has 1 aliphatic carbocycles. The summed E-state index contributed by atoms with van der Waals surface area (Å²) in [6.45, 7) is 7.78. The number of likely N-dealkylation sites (tertiary alicyclic amines) is 1. The summed E-state index contributed by atoms with van der Waals surface area (Å²) in [5.41, 5.74) is 3.92. The van der Waals surface area contributed by atoms with E-state index in [1.165, 1.54) is 49.3 Å². The Kier molecular flexibility index (Phi) is 3.16. The van der Waals surface area contributed by atoms with E-state index in [1.807, 2.05) is 11.7 Å². The molecule has 100 valence electrons. The topological polar surface area (TPSA) is 33.1 Å². The minimum absolute atomic E-state index is 0.717. The van der Waals surface area contributed by atoms with Crippen molar-refractivity contribution in [2.45, 2.75) is 51.7 Å². The number of rotatable bonds is 4. The van der Waals surface area contributed by atoms with Gasteiger partial charge in [-0.2, -0.15) is 5.10 Å². The Bertz CT molecular complexity index is 433. The van der Waals surface area contributed by atoms with Crippen LogP contribution in [0.25, 0.3) is 0 Å². The number of hydrogen-bond acceptors (Lipinski definition) is 3. The highest BCUT2D eigenvalue weighted by Crippen LogP contribution is 2.23. The Morgan fingerprint density at radius 2 is 2.00 bits per heavy atom. The first-order chi connectivity index (χ1) is 8.63. The maximum atomic E-state index is 4.50. The molecule has 1 N–H and O–H groups in total. The third kappa shape index (κ3) is 2.45. The predicted molar refractivity (Wildman–Crippen MR) is 72.5 cm³/mol. The standard InChI is InChI=1S/C14H24N4/c1-10-14(11(2)17(3)16-10)9-18-7-6-13(8-18)15-12-4-5-12/h12-13,15H,4-9H2,1-3H3. The van der Waals surface area contributed by atoms with E-state index in [1.54, 1.807) is 0 Å². The van der Waals surface area contributed by atoms with Gasteiger partial charge in [0.1, 0.15) is 0 Å². The molecule has 2 heterocycles. The normalized spacial score (nSPS) is 24.9. The van der Waals surface area contributed by atoms with E-state index in [0.717, 1.165) is 18.6 Å². The first-order valence-corrected chi connectivity index (χ1v) is 7.11. The van der Waals surface area contributed by atoms with Crippen LogP contribution in [-0.2, 0) is 13.6 Å². The number of aromatic nitrogens is 2. The molecule has 0 spiro atoms. The van der Waals surface area contributed by atoms with Crippen LogP contribution in [-0.4, -0.2) is 39.9 Å². The maximum Gasteiger partial charge on any atom is 0.0641 e. The predicted octanol–water partition coefficient (Wildman–Crippen LogP) is 1.36. The minimum Gasteiger partial charge on any atom is -0.310 e. The van der Waals surface area contributed by atoms with Gasteiger partial charge >= 0.3 is 0 Å². The minimum atomic E-state index is 0.717. The zero-order chi connectivity index (χ0) is 12.7. The second-order valence-corrected chi connectivity index (χ2v) is 5.93. The van der Waals surface area contributed by atoms with Crippen molar-refractivity contribution in [3.63, 3.8) is 0 Å². The van der Waals surface area contributed by atoms with Gasteiger partial charge in [-0.05, 0) is 33.1 Å². The van der Waals surface area contributed by atoms with E-state index in [9.17, 15) is 0 Å². The van der Waals surface area contributed by atoms with E-state index in [0.29, 0.717) is 0 Å². The van der Waals surface area contributed by atoms with Gasteiger partial charge in [0.2, 0.25) is 0 Å². The van der Waals surface area contributed by atoms with Gasteiger partial charge in [-0.15, -0.1) is 0 Å². The van der Waals surface area contributed by atoms with Gasteiger partial charge in [-0.1, -0.05) is 0 Å². The molecule has 4 nitrogen and oxygen atoms in total. The molecule has 2 aliphatic rings. The van der Waals surface area contributed by atoms with Crippen molar-refractivity contribution in [2.75, 3.05) is 13.1 Å². The van der Waals surface area contributed by atoms with Crippen molar-refractivity contribution in [1.82, 2.24) is 20.0 Å². The van der Waals surface area contributed by atoms with Crippen molar-refractivity contribution in [3.8, 4) is 0 Å². The van der Waals surface area contributed by atoms with Gasteiger partial charge in [0.25, 0.3) is 0 Å². The molecular formula is C14H24N4.